The Balaban J connectivity index is 1.23. The molecule has 2 amide bonds. The summed E-state index contributed by atoms with van der Waals surface area (Å²) in [5, 5.41) is 0. The molecule has 0 N–H and O–H groups in total. The third-order valence-electron chi connectivity index (χ3n) is 6.31. The molecule has 27 heavy (non-hydrogen) atoms. The number of carbonyl (C=O) groups excluding carboxylic acids is 2. The van der Waals surface area contributed by atoms with Gasteiger partial charge in [-0.05, 0) is 50.2 Å². The number of amides is 2. The van der Waals surface area contributed by atoms with Gasteiger partial charge in [0.1, 0.15) is 0 Å². The van der Waals surface area contributed by atoms with Gasteiger partial charge in [-0.15, -0.1) is 0 Å². The molecule has 1 aromatic rings. The number of piperidine rings is 2. The van der Waals surface area contributed by atoms with Crippen LogP contribution in [0, 0.1) is 0 Å². The normalized spacial score (nSPS) is 28.4. The van der Waals surface area contributed by atoms with Crippen LogP contribution in [0.15, 0.2) is 24.5 Å². The summed E-state index contributed by atoms with van der Waals surface area (Å²) in [6.07, 6.45) is 10.4. The first kappa shape index (κ1) is 18.4. The summed E-state index contributed by atoms with van der Waals surface area (Å²) in [5.74, 6) is 0.385. The number of fused-ring (bicyclic) bond motifs is 2. The van der Waals surface area contributed by atoms with Crippen molar-refractivity contribution >= 4 is 11.8 Å². The summed E-state index contributed by atoms with van der Waals surface area (Å²) >= 11 is 0. The molecule has 146 valence electrons. The van der Waals surface area contributed by atoms with Gasteiger partial charge in [-0.25, -0.2) is 0 Å². The predicted molar refractivity (Wildman–Crippen MR) is 101 cm³/mol. The molecule has 3 aliphatic heterocycles. The maximum atomic E-state index is 12.5. The minimum Gasteiger partial charge on any atom is -0.375 e. The minimum absolute atomic E-state index is 0.175. The summed E-state index contributed by atoms with van der Waals surface area (Å²) in [6.45, 7) is 3.22. The molecule has 2 bridgehead atoms. The molecule has 1 aromatic heterocycles. The van der Waals surface area contributed by atoms with Gasteiger partial charge in [-0.3, -0.25) is 14.6 Å². The molecule has 0 saturated carbocycles. The lowest BCUT2D eigenvalue weighted by molar-refractivity contribution is -0.139. The van der Waals surface area contributed by atoms with Crippen molar-refractivity contribution in [3.05, 3.63) is 30.1 Å². The Hall–Kier alpha value is -1.95. The zero-order chi connectivity index (χ0) is 18.8. The van der Waals surface area contributed by atoms with Gasteiger partial charge in [0.25, 0.3) is 0 Å². The van der Waals surface area contributed by atoms with Gasteiger partial charge in [0, 0.05) is 44.5 Å². The van der Waals surface area contributed by atoms with Gasteiger partial charge >= 0.3 is 0 Å². The highest BCUT2D eigenvalue weighted by Gasteiger charge is 2.43. The van der Waals surface area contributed by atoms with Crippen molar-refractivity contribution in [1.82, 2.24) is 14.8 Å². The second-order valence-corrected chi connectivity index (χ2v) is 8.16. The zero-order valence-electron chi connectivity index (χ0n) is 16.0. The fraction of sp³-hybridized carbons (Fsp3) is 0.667. The molecule has 1 unspecified atom stereocenters. The van der Waals surface area contributed by atoms with Crippen molar-refractivity contribution in [3.63, 3.8) is 0 Å². The maximum absolute atomic E-state index is 12.5. The average molecular weight is 371 g/mol. The van der Waals surface area contributed by atoms with Gasteiger partial charge in [-0.2, -0.15) is 0 Å². The Kier molecular flexibility index (Phi) is 5.43. The highest BCUT2D eigenvalue weighted by Crippen LogP contribution is 2.37. The van der Waals surface area contributed by atoms with Crippen LogP contribution in [-0.4, -0.2) is 64.0 Å². The molecular weight excluding hydrogens is 342 g/mol. The van der Waals surface area contributed by atoms with E-state index in [1.165, 1.54) is 0 Å². The Bertz CT molecular complexity index is 659. The second kappa shape index (κ2) is 7.97. The fourth-order valence-corrected chi connectivity index (χ4v) is 5.05. The Morgan fingerprint density at radius 3 is 2.41 bits per heavy atom. The molecule has 4 heterocycles. The molecule has 3 atom stereocenters. The van der Waals surface area contributed by atoms with Crippen LogP contribution in [0.5, 0.6) is 0 Å². The van der Waals surface area contributed by atoms with Crippen LogP contribution in [0.3, 0.4) is 0 Å². The molecule has 3 saturated heterocycles. The van der Waals surface area contributed by atoms with Gasteiger partial charge < -0.3 is 14.5 Å². The van der Waals surface area contributed by atoms with E-state index >= 15 is 0 Å². The second-order valence-electron chi connectivity index (χ2n) is 8.16. The van der Waals surface area contributed by atoms with E-state index < -0.39 is 0 Å². The number of aromatic nitrogens is 1. The first-order valence-corrected chi connectivity index (χ1v) is 10.2. The molecule has 0 aliphatic carbocycles. The number of ether oxygens (including phenoxy) is 1. The van der Waals surface area contributed by atoms with E-state index in [0.29, 0.717) is 18.5 Å². The topological polar surface area (TPSA) is 62.7 Å². The third-order valence-corrected chi connectivity index (χ3v) is 6.31. The van der Waals surface area contributed by atoms with E-state index in [-0.39, 0.29) is 24.0 Å². The first-order valence-electron chi connectivity index (χ1n) is 10.2. The molecule has 3 aliphatic rings. The van der Waals surface area contributed by atoms with Crippen molar-refractivity contribution in [2.24, 2.45) is 0 Å². The molecular formula is C21H29N3O3. The molecule has 6 heteroatoms. The molecule has 0 radical (unpaired) electrons. The van der Waals surface area contributed by atoms with Crippen LogP contribution in [0.1, 0.15) is 51.0 Å². The van der Waals surface area contributed by atoms with Crippen LogP contribution in [0.25, 0.3) is 0 Å². The highest BCUT2D eigenvalue weighted by atomic mass is 16.5. The van der Waals surface area contributed by atoms with Crippen LogP contribution in [0.4, 0.5) is 0 Å². The first-order chi connectivity index (χ1) is 13.1. The highest BCUT2D eigenvalue weighted by molar-refractivity contribution is 5.78. The standard InChI is InChI=1S/C21H29N3O3/c1-15(25)24-17-4-5-18(24)13-20(12-17)27-19-6-9-23(10-7-19)21(26)11-16-3-2-8-22-14-16/h2-3,8,14,17-20H,4-7,9-13H2,1H3/t17-,18+,20?. The summed E-state index contributed by atoms with van der Waals surface area (Å²) in [5.41, 5.74) is 0.966. The fourth-order valence-electron chi connectivity index (χ4n) is 5.05. The van der Waals surface area contributed by atoms with E-state index in [0.717, 1.165) is 57.2 Å². The molecule has 4 rings (SSSR count). The third kappa shape index (κ3) is 4.15. The van der Waals surface area contributed by atoms with E-state index in [9.17, 15) is 9.59 Å². The number of hydrogen-bond acceptors (Lipinski definition) is 4. The average Bonchev–Trinajstić information content (AvgIpc) is 2.95. The SMILES string of the molecule is CC(=O)N1[C@@H]2CC[C@H]1CC(OC1CCN(C(=O)Cc3cccnc3)CC1)C2. The van der Waals surface area contributed by atoms with Gasteiger partial charge in [-0.1, -0.05) is 6.07 Å². The number of nitrogens with zero attached hydrogens (tertiary/aromatic N) is 3. The lowest BCUT2D eigenvalue weighted by atomic mass is 9.98. The van der Waals surface area contributed by atoms with Crippen LogP contribution >= 0.6 is 0 Å². The van der Waals surface area contributed by atoms with Crippen molar-refractivity contribution in [3.8, 4) is 0 Å². The zero-order valence-corrected chi connectivity index (χ0v) is 16.0. The van der Waals surface area contributed by atoms with Crippen LogP contribution in [-0.2, 0) is 20.7 Å². The minimum atomic E-state index is 0.175. The van der Waals surface area contributed by atoms with E-state index in [1.54, 1.807) is 19.3 Å². The monoisotopic (exact) mass is 371 g/mol. The van der Waals surface area contributed by atoms with Gasteiger partial charge in [0.15, 0.2) is 0 Å². The lowest BCUT2D eigenvalue weighted by Crippen LogP contribution is -2.49. The van der Waals surface area contributed by atoms with Crippen LogP contribution < -0.4 is 0 Å². The van der Waals surface area contributed by atoms with Crippen LogP contribution in [0.2, 0.25) is 0 Å². The van der Waals surface area contributed by atoms with Crippen molar-refractivity contribution in [2.75, 3.05) is 13.1 Å². The number of hydrogen-bond donors (Lipinski definition) is 0. The number of rotatable bonds is 4. The Labute approximate surface area is 160 Å². The van der Waals surface area contributed by atoms with Gasteiger partial charge in [0.05, 0.1) is 18.6 Å². The van der Waals surface area contributed by atoms with Gasteiger partial charge in [0.2, 0.25) is 11.8 Å². The van der Waals surface area contributed by atoms with Crippen molar-refractivity contribution < 1.29 is 14.3 Å². The summed E-state index contributed by atoms with van der Waals surface area (Å²) in [6, 6.07) is 4.55. The molecule has 3 fully saturated rings. The smallest absolute Gasteiger partial charge is 0.227 e. The lowest BCUT2D eigenvalue weighted by Gasteiger charge is -2.41. The summed E-state index contributed by atoms with van der Waals surface area (Å²) < 4.78 is 6.40. The predicted octanol–water partition coefficient (Wildman–Crippen LogP) is 2.17. The Morgan fingerprint density at radius 2 is 1.81 bits per heavy atom. The number of likely N-dealkylation sites (tertiary alicyclic amines) is 1. The van der Waals surface area contributed by atoms with Crippen molar-refractivity contribution in [2.45, 2.75) is 76.2 Å². The molecule has 0 spiro atoms. The van der Waals surface area contributed by atoms with E-state index in [1.807, 2.05) is 17.0 Å². The van der Waals surface area contributed by atoms with E-state index in [2.05, 4.69) is 9.88 Å². The quantitative estimate of drug-likeness (QED) is 0.814. The molecule has 6 nitrogen and oxygen atoms in total. The number of carbonyl (C=O) groups is 2. The Morgan fingerprint density at radius 1 is 1.11 bits per heavy atom. The summed E-state index contributed by atoms with van der Waals surface area (Å²) in [7, 11) is 0. The number of pyridine rings is 1. The summed E-state index contributed by atoms with van der Waals surface area (Å²) in [4.78, 5) is 32.4. The molecule has 0 aromatic carbocycles. The van der Waals surface area contributed by atoms with E-state index in [4.69, 9.17) is 4.74 Å². The largest absolute Gasteiger partial charge is 0.375 e. The maximum Gasteiger partial charge on any atom is 0.227 e. The van der Waals surface area contributed by atoms with Crippen molar-refractivity contribution in [1.29, 1.82) is 0 Å².